The molecule has 0 spiro atoms. The van der Waals surface area contributed by atoms with Crippen LogP contribution in [-0.2, 0) is 0 Å². The minimum Gasteiger partial charge on any atom is -0.491 e. The molecule has 1 N–H and O–H groups in total. The van der Waals surface area contributed by atoms with Crippen molar-refractivity contribution in [1.82, 2.24) is 0 Å². The monoisotopic (exact) mass is 373 g/mol. The number of carbonyl (C=O) groups excluding carboxylic acids is 1. The summed E-state index contributed by atoms with van der Waals surface area (Å²) >= 11 is 0. The number of non-ortho nitro benzene ring substituents is 1. The molecule has 0 aliphatic heterocycles. The maximum absolute atomic E-state index is 12.7. The lowest BCUT2D eigenvalue weighted by atomic mass is 10.0. The summed E-state index contributed by atoms with van der Waals surface area (Å²) < 4.78 is 5.64. The molecule has 27 heavy (non-hydrogen) atoms. The standard InChI is InChI=1S/C18H19N3O6/c1-3-4-9-27-17-8-6-5-7-15(17)19-18(22)14-10-13(20(23)24)11-16(12(14)2)21(25)26/h5-8,10-11H,3-4,9H2,1-2H3,(H,19,22). The van der Waals surface area contributed by atoms with Crippen molar-refractivity contribution >= 4 is 23.0 Å². The van der Waals surface area contributed by atoms with Gasteiger partial charge in [-0.15, -0.1) is 0 Å². The predicted octanol–water partition coefficient (Wildman–Crippen LogP) is 4.24. The van der Waals surface area contributed by atoms with Crippen LogP contribution in [0.25, 0.3) is 0 Å². The SMILES string of the molecule is CCCCOc1ccccc1NC(=O)c1cc([N+](=O)[O-])cc([N+](=O)[O-])c1C. The molecule has 0 bridgehead atoms. The number of hydrogen-bond acceptors (Lipinski definition) is 6. The number of benzene rings is 2. The van der Waals surface area contributed by atoms with Crippen LogP contribution in [0.15, 0.2) is 36.4 Å². The highest BCUT2D eigenvalue weighted by Crippen LogP contribution is 2.30. The molecular formula is C18H19N3O6. The number of hydrogen-bond donors (Lipinski definition) is 1. The summed E-state index contributed by atoms with van der Waals surface area (Å²) in [6, 6.07) is 8.63. The Morgan fingerprint density at radius 1 is 1.15 bits per heavy atom. The van der Waals surface area contributed by atoms with E-state index in [1.807, 2.05) is 6.92 Å². The fourth-order valence-electron chi connectivity index (χ4n) is 2.43. The second-order valence-electron chi connectivity index (χ2n) is 5.80. The normalized spacial score (nSPS) is 10.3. The Kier molecular flexibility index (Phi) is 6.42. The largest absolute Gasteiger partial charge is 0.491 e. The molecule has 2 rings (SSSR count). The first-order valence-corrected chi connectivity index (χ1v) is 8.31. The second kappa shape index (κ2) is 8.75. The first-order chi connectivity index (χ1) is 12.8. The topological polar surface area (TPSA) is 125 Å². The molecule has 9 heteroatoms. The molecule has 0 aliphatic rings. The van der Waals surface area contributed by atoms with E-state index in [1.165, 1.54) is 6.92 Å². The maximum Gasteiger partial charge on any atom is 0.279 e. The molecule has 0 unspecified atom stereocenters. The van der Waals surface area contributed by atoms with Gasteiger partial charge in [-0.1, -0.05) is 25.5 Å². The number of para-hydroxylation sites is 2. The van der Waals surface area contributed by atoms with Gasteiger partial charge in [0.15, 0.2) is 0 Å². The molecule has 1 amide bonds. The van der Waals surface area contributed by atoms with Gasteiger partial charge < -0.3 is 10.1 Å². The minimum absolute atomic E-state index is 0.0486. The lowest BCUT2D eigenvalue weighted by molar-refractivity contribution is -0.394. The summed E-state index contributed by atoms with van der Waals surface area (Å²) in [4.78, 5) is 33.3. The fourth-order valence-corrected chi connectivity index (χ4v) is 2.43. The van der Waals surface area contributed by atoms with Gasteiger partial charge in [0.1, 0.15) is 5.75 Å². The molecule has 0 aromatic heterocycles. The molecule has 0 heterocycles. The van der Waals surface area contributed by atoms with Crippen LogP contribution < -0.4 is 10.1 Å². The van der Waals surface area contributed by atoms with Crippen LogP contribution in [-0.4, -0.2) is 22.4 Å². The number of unbranched alkanes of at least 4 members (excludes halogenated alkanes) is 1. The van der Waals surface area contributed by atoms with Crippen LogP contribution in [0.5, 0.6) is 5.75 Å². The van der Waals surface area contributed by atoms with E-state index in [0.29, 0.717) is 18.0 Å². The van der Waals surface area contributed by atoms with Crippen molar-refractivity contribution in [2.75, 3.05) is 11.9 Å². The zero-order valence-corrected chi connectivity index (χ0v) is 14.9. The van der Waals surface area contributed by atoms with Gasteiger partial charge in [0, 0.05) is 11.6 Å². The molecular weight excluding hydrogens is 354 g/mol. The number of ether oxygens (including phenoxy) is 1. The van der Waals surface area contributed by atoms with Gasteiger partial charge in [-0.25, -0.2) is 0 Å². The van der Waals surface area contributed by atoms with Crippen LogP contribution in [0, 0.1) is 27.2 Å². The molecule has 0 saturated carbocycles. The van der Waals surface area contributed by atoms with Crippen LogP contribution >= 0.6 is 0 Å². The van der Waals surface area contributed by atoms with Crippen LogP contribution in [0.3, 0.4) is 0 Å². The third kappa shape index (κ3) is 4.78. The molecule has 142 valence electrons. The number of carbonyl (C=O) groups is 1. The van der Waals surface area contributed by atoms with Crippen LogP contribution in [0.4, 0.5) is 17.1 Å². The molecule has 0 fully saturated rings. The van der Waals surface area contributed by atoms with E-state index >= 15 is 0 Å². The number of amides is 1. The molecule has 0 saturated heterocycles. The van der Waals surface area contributed by atoms with E-state index in [9.17, 15) is 25.0 Å². The van der Waals surface area contributed by atoms with Crippen molar-refractivity contribution in [3.05, 3.63) is 67.8 Å². The van der Waals surface area contributed by atoms with E-state index < -0.39 is 27.1 Å². The lowest BCUT2D eigenvalue weighted by Gasteiger charge is -2.13. The highest BCUT2D eigenvalue weighted by molar-refractivity contribution is 6.07. The smallest absolute Gasteiger partial charge is 0.279 e. The third-order valence-electron chi connectivity index (χ3n) is 3.91. The summed E-state index contributed by atoms with van der Waals surface area (Å²) in [5, 5.41) is 24.8. The first kappa shape index (κ1) is 19.8. The Balaban J connectivity index is 2.36. The van der Waals surface area contributed by atoms with Crippen molar-refractivity contribution < 1.29 is 19.4 Å². The van der Waals surface area contributed by atoms with Gasteiger partial charge >= 0.3 is 0 Å². The highest BCUT2D eigenvalue weighted by Gasteiger charge is 2.25. The number of nitrogens with zero attached hydrogens (tertiary/aromatic N) is 2. The molecule has 0 aliphatic carbocycles. The Labute approximate surface area is 155 Å². The summed E-state index contributed by atoms with van der Waals surface area (Å²) in [6.45, 7) is 3.88. The average Bonchev–Trinajstić information content (AvgIpc) is 2.63. The fraction of sp³-hybridized carbons (Fsp3) is 0.278. The molecule has 0 radical (unpaired) electrons. The number of nitro groups is 2. The number of rotatable bonds is 8. The van der Waals surface area contributed by atoms with E-state index in [0.717, 1.165) is 25.0 Å². The maximum atomic E-state index is 12.7. The molecule has 9 nitrogen and oxygen atoms in total. The van der Waals surface area contributed by atoms with E-state index in [4.69, 9.17) is 4.74 Å². The third-order valence-corrected chi connectivity index (χ3v) is 3.91. The van der Waals surface area contributed by atoms with E-state index in [1.54, 1.807) is 24.3 Å². The zero-order valence-electron chi connectivity index (χ0n) is 14.9. The predicted molar refractivity (Wildman–Crippen MR) is 99.3 cm³/mol. The van der Waals surface area contributed by atoms with Crippen molar-refractivity contribution in [3.8, 4) is 5.75 Å². The molecule has 2 aromatic carbocycles. The van der Waals surface area contributed by atoms with Crippen molar-refractivity contribution in [3.63, 3.8) is 0 Å². The minimum atomic E-state index is -0.773. The summed E-state index contributed by atoms with van der Waals surface area (Å²) in [7, 11) is 0. The Hall–Kier alpha value is -3.49. The van der Waals surface area contributed by atoms with Gasteiger partial charge in [-0.3, -0.25) is 25.0 Å². The Bertz CT molecular complexity index is 881. The van der Waals surface area contributed by atoms with Crippen molar-refractivity contribution in [2.45, 2.75) is 26.7 Å². The van der Waals surface area contributed by atoms with Gasteiger partial charge in [-0.05, 0) is 25.5 Å². The van der Waals surface area contributed by atoms with E-state index in [-0.39, 0.29) is 11.1 Å². The quantitative estimate of drug-likeness (QED) is 0.419. The lowest BCUT2D eigenvalue weighted by Crippen LogP contribution is -2.15. The first-order valence-electron chi connectivity index (χ1n) is 8.31. The number of nitrogens with one attached hydrogen (secondary N) is 1. The van der Waals surface area contributed by atoms with E-state index in [2.05, 4.69) is 5.32 Å². The van der Waals surface area contributed by atoms with Crippen LogP contribution in [0.2, 0.25) is 0 Å². The average molecular weight is 373 g/mol. The summed E-state index contributed by atoms with van der Waals surface area (Å²) in [6.07, 6.45) is 1.80. The highest BCUT2D eigenvalue weighted by atomic mass is 16.6. The van der Waals surface area contributed by atoms with Gasteiger partial charge in [0.05, 0.1) is 33.8 Å². The molecule has 0 atom stereocenters. The summed E-state index contributed by atoms with van der Waals surface area (Å²) in [5.74, 6) is -0.234. The Morgan fingerprint density at radius 3 is 2.48 bits per heavy atom. The number of nitro benzene ring substituents is 2. The van der Waals surface area contributed by atoms with Gasteiger partial charge in [0.25, 0.3) is 17.3 Å². The zero-order chi connectivity index (χ0) is 20.0. The summed E-state index contributed by atoms with van der Waals surface area (Å²) in [5.41, 5.74) is -0.717. The molecule has 2 aromatic rings. The van der Waals surface area contributed by atoms with Crippen molar-refractivity contribution in [2.24, 2.45) is 0 Å². The Morgan fingerprint density at radius 2 is 1.85 bits per heavy atom. The number of anilines is 1. The van der Waals surface area contributed by atoms with Gasteiger partial charge in [0.2, 0.25) is 0 Å². The second-order valence-corrected chi connectivity index (χ2v) is 5.80. The van der Waals surface area contributed by atoms with Crippen molar-refractivity contribution in [1.29, 1.82) is 0 Å². The van der Waals surface area contributed by atoms with Crippen LogP contribution in [0.1, 0.15) is 35.7 Å². The van der Waals surface area contributed by atoms with Gasteiger partial charge in [-0.2, -0.15) is 0 Å².